The van der Waals surface area contributed by atoms with Crippen molar-refractivity contribution in [3.63, 3.8) is 0 Å². The van der Waals surface area contributed by atoms with Gasteiger partial charge in [-0.15, -0.1) is 0 Å². The molecule has 0 spiro atoms. The van der Waals surface area contributed by atoms with Crippen molar-refractivity contribution >= 4 is 0 Å². The summed E-state index contributed by atoms with van der Waals surface area (Å²) in [6.07, 6.45) is 1.82. The van der Waals surface area contributed by atoms with Gasteiger partial charge in [0.25, 0.3) is 0 Å². The average Bonchev–Trinajstić information content (AvgIpc) is 2.84. The number of hydrogen-bond donors (Lipinski definition) is 1. The summed E-state index contributed by atoms with van der Waals surface area (Å²) in [5.41, 5.74) is 2.28. The van der Waals surface area contributed by atoms with Crippen LogP contribution in [0.15, 0.2) is 36.5 Å². The molecule has 1 unspecified atom stereocenters. The monoisotopic (exact) mass is 259 g/mol. The molecule has 0 saturated carbocycles. The van der Waals surface area contributed by atoms with Gasteiger partial charge in [-0.25, -0.2) is 0 Å². The number of ether oxygens (including phenoxy) is 1. The van der Waals surface area contributed by atoms with Gasteiger partial charge >= 0.3 is 0 Å². The van der Waals surface area contributed by atoms with E-state index in [0.717, 1.165) is 23.6 Å². The second-order valence-electron chi connectivity index (χ2n) is 4.34. The lowest BCUT2D eigenvalue weighted by Gasteiger charge is -2.21. The summed E-state index contributed by atoms with van der Waals surface area (Å²) in [7, 11) is 1.96. The van der Waals surface area contributed by atoms with E-state index >= 15 is 0 Å². The second-order valence-corrected chi connectivity index (χ2v) is 4.34. The number of nitrogens with one attached hydrogen (secondary N) is 1. The van der Waals surface area contributed by atoms with Gasteiger partial charge in [0.1, 0.15) is 5.75 Å². The summed E-state index contributed by atoms with van der Waals surface area (Å²) >= 11 is 0. The molecule has 102 valence electrons. The minimum absolute atomic E-state index is 0.0975. The van der Waals surface area contributed by atoms with Gasteiger partial charge < -0.3 is 10.1 Å². The van der Waals surface area contributed by atoms with Crippen LogP contribution in [0.25, 0.3) is 0 Å². The van der Waals surface area contributed by atoms with Crippen molar-refractivity contribution in [3.05, 3.63) is 47.8 Å². The molecule has 0 saturated heterocycles. The Kier molecular flexibility index (Phi) is 4.58. The van der Waals surface area contributed by atoms with E-state index in [-0.39, 0.29) is 6.04 Å². The maximum atomic E-state index is 5.73. The standard InChI is InChI=1S/C15H21N3O/c1-4-16-15(13-10-11-17-18(13)3)12-8-6-7-9-14(12)19-5-2/h6-11,15-16H,4-5H2,1-3H3. The highest BCUT2D eigenvalue weighted by Crippen LogP contribution is 2.29. The normalized spacial score (nSPS) is 12.4. The SMILES string of the molecule is CCNC(c1ccccc1OCC)c1ccnn1C. The number of rotatable bonds is 6. The van der Waals surface area contributed by atoms with Gasteiger partial charge in [0.05, 0.1) is 18.3 Å². The number of benzene rings is 1. The van der Waals surface area contributed by atoms with Crippen LogP contribution >= 0.6 is 0 Å². The topological polar surface area (TPSA) is 39.1 Å². The molecule has 4 heteroatoms. The number of aryl methyl sites for hydroxylation is 1. The van der Waals surface area contributed by atoms with E-state index in [0.29, 0.717) is 6.61 Å². The summed E-state index contributed by atoms with van der Waals surface area (Å²) in [6.45, 7) is 5.66. The lowest BCUT2D eigenvalue weighted by atomic mass is 10.0. The number of nitrogens with zero attached hydrogens (tertiary/aromatic N) is 2. The van der Waals surface area contributed by atoms with E-state index in [1.807, 2.05) is 49.1 Å². The minimum atomic E-state index is 0.0975. The van der Waals surface area contributed by atoms with Gasteiger partial charge in [-0.2, -0.15) is 5.10 Å². The molecule has 4 nitrogen and oxygen atoms in total. The highest BCUT2D eigenvalue weighted by molar-refractivity contribution is 5.40. The first-order valence-corrected chi connectivity index (χ1v) is 6.70. The zero-order valence-corrected chi connectivity index (χ0v) is 11.8. The summed E-state index contributed by atoms with van der Waals surface area (Å²) < 4.78 is 7.63. The van der Waals surface area contributed by atoms with Gasteiger partial charge in [0.2, 0.25) is 0 Å². The van der Waals surface area contributed by atoms with Crippen LogP contribution < -0.4 is 10.1 Å². The Morgan fingerprint density at radius 3 is 2.68 bits per heavy atom. The van der Waals surface area contributed by atoms with E-state index in [4.69, 9.17) is 4.74 Å². The highest BCUT2D eigenvalue weighted by Gasteiger charge is 2.19. The molecule has 0 aliphatic heterocycles. The smallest absolute Gasteiger partial charge is 0.124 e. The molecule has 1 N–H and O–H groups in total. The van der Waals surface area contributed by atoms with Crippen molar-refractivity contribution in [3.8, 4) is 5.75 Å². The Balaban J connectivity index is 2.42. The van der Waals surface area contributed by atoms with Gasteiger partial charge in [-0.3, -0.25) is 4.68 Å². The van der Waals surface area contributed by atoms with Crippen LogP contribution in [0.4, 0.5) is 0 Å². The van der Waals surface area contributed by atoms with Crippen LogP contribution in [0.5, 0.6) is 5.75 Å². The molecule has 0 amide bonds. The first-order valence-electron chi connectivity index (χ1n) is 6.70. The van der Waals surface area contributed by atoms with E-state index in [2.05, 4.69) is 23.4 Å². The van der Waals surface area contributed by atoms with Crippen molar-refractivity contribution < 1.29 is 4.74 Å². The van der Waals surface area contributed by atoms with Crippen LogP contribution in [-0.2, 0) is 7.05 Å². The third-order valence-electron chi connectivity index (χ3n) is 3.09. The molecular formula is C15H21N3O. The molecule has 1 heterocycles. The Labute approximate surface area is 114 Å². The summed E-state index contributed by atoms with van der Waals surface area (Å²) in [5.74, 6) is 0.928. The van der Waals surface area contributed by atoms with E-state index in [9.17, 15) is 0 Å². The Hall–Kier alpha value is -1.81. The van der Waals surface area contributed by atoms with Crippen molar-refractivity contribution in [1.82, 2.24) is 15.1 Å². The predicted octanol–water partition coefficient (Wildman–Crippen LogP) is 2.52. The number of para-hydroxylation sites is 1. The van der Waals surface area contributed by atoms with Crippen LogP contribution in [0, 0.1) is 0 Å². The molecule has 0 bridgehead atoms. The Morgan fingerprint density at radius 2 is 2.05 bits per heavy atom. The molecule has 1 aromatic heterocycles. The van der Waals surface area contributed by atoms with E-state index in [1.54, 1.807) is 0 Å². The fourth-order valence-electron chi connectivity index (χ4n) is 2.25. The molecule has 19 heavy (non-hydrogen) atoms. The quantitative estimate of drug-likeness (QED) is 0.866. The molecule has 0 aliphatic rings. The second kappa shape index (κ2) is 6.38. The first-order chi connectivity index (χ1) is 9.27. The summed E-state index contributed by atoms with van der Waals surface area (Å²) in [4.78, 5) is 0. The van der Waals surface area contributed by atoms with Crippen molar-refractivity contribution in [2.45, 2.75) is 19.9 Å². The maximum absolute atomic E-state index is 5.73. The average molecular weight is 259 g/mol. The van der Waals surface area contributed by atoms with E-state index in [1.165, 1.54) is 0 Å². The maximum Gasteiger partial charge on any atom is 0.124 e. The summed E-state index contributed by atoms with van der Waals surface area (Å²) in [5, 5.41) is 7.76. The van der Waals surface area contributed by atoms with Gasteiger partial charge in [0, 0.05) is 18.8 Å². The van der Waals surface area contributed by atoms with Crippen LogP contribution in [0.3, 0.4) is 0 Å². The number of hydrogen-bond acceptors (Lipinski definition) is 3. The molecule has 2 aromatic rings. The minimum Gasteiger partial charge on any atom is -0.494 e. The molecule has 0 fully saturated rings. The largest absolute Gasteiger partial charge is 0.494 e. The fourth-order valence-corrected chi connectivity index (χ4v) is 2.25. The van der Waals surface area contributed by atoms with Crippen molar-refractivity contribution in [1.29, 1.82) is 0 Å². The van der Waals surface area contributed by atoms with Crippen LogP contribution in [-0.4, -0.2) is 22.9 Å². The Bertz CT molecular complexity index is 522. The van der Waals surface area contributed by atoms with E-state index < -0.39 is 0 Å². The van der Waals surface area contributed by atoms with Crippen molar-refractivity contribution in [2.24, 2.45) is 7.05 Å². The zero-order chi connectivity index (χ0) is 13.7. The number of aromatic nitrogens is 2. The zero-order valence-electron chi connectivity index (χ0n) is 11.8. The molecule has 1 atom stereocenters. The molecular weight excluding hydrogens is 238 g/mol. The van der Waals surface area contributed by atoms with Crippen LogP contribution in [0.2, 0.25) is 0 Å². The fraction of sp³-hybridized carbons (Fsp3) is 0.400. The third kappa shape index (κ3) is 2.96. The van der Waals surface area contributed by atoms with Gasteiger partial charge in [-0.1, -0.05) is 25.1 Å². The molecule has 2 rings (SSSR count). The molecule has 1 aromatic carbocycles. The van der Waals surface area contributed by atoms with Crippen molar-refractivity contribution in [2.75, 3.05) is 13.2 Å². The lowest BCUT2D eigenvalue weighted by Crippen LogP contribution is -2.24. The highest BCUT2D eigenvalue weighted by atomic mass is 16.5. The molecule has 0 aliphatic carbocycles. The molecule has 0 radical (unpaired) electrons. The summed E-state index contributed by atoms with van der Waals surface area (Å²) in [6, 6.07) is 10.3. The predicted molar refractivity (Wildman–Crippen MR) is 76.3 cm³/mol. The van der Waals surface area contributed by atoms with Gasteiger partial charge in [0.15, 0.2) is 0 Å². The van der Waals surface area contributed by atoms with Gasteiger partial charge in [-0.05, 0) is 25.6 Å². The third-order valence-corrected chi connectivity index (χ3v) is 3.09. The van der Waals surface area contributed by atoms with Crippen LogP contribution in [0.1, 0.15) is 31.1 Å². The Morgan fingerprint density at radius 1 is 1.26 bits per heavy atom. The first kappa shape index (κ1) is 13.6. The lowest BCUT2D eigenvalue weighted by molar-refractivity contribution is 0.333.